The van der Waals surface area contributed by atoms with E-state index < -0.39 is 0 Å². The van der Waals surface area contributed by atoms with Crippen molar-refractivity contribution in [1.82, 2.24) is 25.4 Å². The number of hydrogen-bond acceptors (Lipinski definition) is 5. The summed E-state index contributed by atoms with van der Waals surface area (Å²) in [6.07, 6.45) is 4.87. The molecule has 0 bridgehead atoms. The van der Waals surface area contributed by atoms with Crippen LogP contribution in [0.5, 0.6) is 0 Å². The molecular weight excluding hydrogens is 268 g/mol. The van der Waals surface area contributed by atoms with Gasteiger partial charge in [0, 0.05) is 12.4 Å². The minimum atomic E-state index is -0.268. The second-order valence-corrected chi connectivity index (χ2v) is 4.31. The molecule has 0 aliphatic rings. The lowest BCUT2D eigenvalue weighted by Crippen LogP contribution is -2.23. The maximum atomic E-state index is 11.8. The molecule has 1 N–H and O–H groups in total. The van der Waals surface area contributed by atoms with Gasteiger partial charge in [0.25, 0.3) is 5.91 Å². The molecule has 7 nitrogen and oxygen atoms in total. The van der Waals surface area contributed by atoms with Gasteiger partial charge >= 0.3 is 0 Å². The highest BCUT2D eigenvalue weighted by atomic mass is 16.2. The molecule has 0 saturated heterocycles. The van der Waals surface area contributed by atoms with E-state index in [9.17, 15) is 4.79 Å². The Labute approximate surface area is 120 Å². The zero-order chi connectivity index (χ0) is 14.5. The predicted molar refractivity (Wildman–Crippen MR) is 77.5 cm³/mol. The lowest BCUT2D eigenvalue weighted by atomic mass is 10.3. The molecule has 0 atom stereocenters. The molecule has 3 rings (SSSR count). The van der Waals surface area contributed by atoms with E-state index in [0.29, 0.717) is 0 Å². The standard InChI is InChI=1S/C14H12N6O/c21-14(18-16-9-11-5-7-15-8-6-11)10-20-13-4-2-1-3-12(13)17-19-20/h1-9H,10H2,(H,18,21). The van der Waals surface area contributed by atoms with Gasteiger partial charge in [0.15, 0.2) is 0 Å². The van der Waals surface area contributed by atoms with Crippen LogP contribution in [-0.4, -0.2) is 32.1 Å². The topological polar surface area (TPSA) is 85.1 Å². The van der Waals surface area contributed by atoms with Crippen molar-refractivity contribution in [2.75, 3.05) is 0 Å². The van der Waals surface area contributed by atoms with Crippen LogP contribution in [0.4, 0.5) is 0 Å². The van der Waals surface area contributed by atoms with Gasteiger partial charge in [0.05, 0.1) is 11.7 Å². The van der Waals surface area contributed by atoms with E-state index in [1.807, 2.05) is 24.3 Å². The number of nitrogens with zero attached hydrogens (tertiary/aromatic N) is 5. The Balaban J connectivity index is 1.63. The Morgan fingerprint density at radius 2 is 2.05 bits per heavy atom. The van der Waals surface area contributed by atoms with Gasteiger partial charge in [-0.15, -0.1) is 5.10 Å². The Bertz CT molecular complexity index is 780. The van der Waals surface area contributed by atoms with Crippen LogP contribution in [0.1, 0.15) is 5.56 Å². The maximum Gasteiger partial charge on any atom is 0.261 e. The number of rotatable bonds is 4. The molecule has 2 heterocycles. The predicted octanol–water partition coefficient (Wildman–Crippen LogP) is 0.977. The molecule has 2 aromatic heterocycles. The van der Waals surface area contributed by atoms with Crippen molar-refractivity contribution in [1.29, 1.82) is 0 Å². The molecule has 0 fully saturated rings. The van der Waals surface area contributed by atoms with E-state index in [0.717, 1.165) is 16.6 Å². The highest BCUT2D eigenvalue weighted by Crippen LogP contribution is 2.08. The van der Waals surface area contributed by atoms with Gasteiger partial charge in [-0.1, -0.05) is 17.3 Å². The maximum absolute atomic E-state index is 11.8. The lowest BCUT2D eigenvalue weighted by Gasteiger charge is -2.00. The number of hydrazone groups is 1. The van der Waals surface area contributed by atoms with Gasteiger partial charge in [-0.05, 0) is 29.8 Å². The largest absolute Gasteiger partial charge is 0.271 e. The number of aromatic nitrogens is 4. The molecular formula is C14H12N6O. The fourth-order valence-electron chi connectivity index (χ4n) is 1.83. The monoisotopic (exact) mass is 280 g/mol. The van der Waals surface area contributed by atoms with Gasteiger partial charge in [0.1, 0.15) is 12.1 Å². The van der Waals surface area contributed by atoms with Gasteiger partial charge in [-0.25, -0.2) is 10.1 Å². The molecule has 21 heavy (non-hydrogen) atoms. The van der Waals surface area contributed by atoms with Gasteiger partial charge in [0.2, 0.25) is 0 Å². The first-order valence-corrected chi connectivity index (χ1v) is 6.33. The summed E-state index contributed by atoms with van der Waals surface area (Å²) in [7, 11) is 0. The number of carbonyl (C=O) groups excluding carboxylic acids is 1. The molecule has 0 aliphatic heterocycles. The molecule has 0 spiro atoms. The van der Waals surface area contributed by atoms with Gasteiger partial charge in [-0.3, -0.25) is 9.78 Å². The first-order valence-electron chi connectivity index (χ1n) is 6.33. The van der Waals surface area contributed by atoms with Crippen LogP contribution < -0.4 is 5.43 Å². The van der Waals surface area contributed by atoms with E-state index in [-0.39, 0.29) is 12.5 Å². The fourth-order valence-corrected chi connectivity index (χ4v) is 1.83. The molecule has 104 valence electrons. The van der Waals surface area contributed by atoms with Gasteiger partial charge in [-0.2, -0.15) is 5.10 Å². The first kappa shape index (κ1) is 12.9. The summed E-state index contributed by atoms with van der Waals surface area (Å²) in [5, 5.41) is 11.8. The van der Waals surface area contributed by atoms with Crippen LogP contribution in [0.3, 0.4) is 0 Å². The highest BCUT2D eigenvalue weighted by molar-refractivity contribution is 5.83. The van der Waals surface area contributed by atoms with E-state index in [2.05, 4.69) is 25.8 Å². The minimum Gasteiger partial charge on any atom is -0.271 e. The molecule has 0 saturated carbocycles. The Morgan fingerprint density at radius 1 is 1.24 bits per heavy atom. The van der Waals surface area contributed by atoms with Crippen molar-refractivity contribution in [2.24, 2.45) is 5.10 Å². The summed E-state index contributed by atoms with van der Waals surface area (Å²) in [5.74, 6) is -0.268. The average molecular weight is 280 g/mol. The summed E-state index contributed by atoms with van der Waals surface area (Å²) in [5.41, 5.74) is 4.88. The van der Waals surface area contributed by atoms with Crippen LogP contribution in [-0.2, 0) is 11.3 Å². The molecule has 0 radical (unpaired) electrons. The van der Waals surface area contributed by atoms with Crippen molar-refractivity contribution in [2.45, 2.75) is 6.54 Å². The van der Waals surface area contributed by atoms with E-state index >= 15 is 0 Å². The number of carbonyl (C=O) groups is 1. The smallest absolute Gasteiger partial charge is 0.261 e. The average Bonchev–Trinajstić information content (AvgIpc) is 2.92. The molecule has 0 aliphatic carbocycles. The zero-order valence-electron chi connectivity index (χ0n) is 11.0. The summed E-state index contributed by atoms with van der Waals surface area (Å²) >= 11 is 0. The molecule has 1 amide bonds. The van der Waals surface area contributed by atoms with Crippen molar-refractivity contribution >= 4 is 23.2 Å². The number of pyridine rings is 1. The number of hydrogen-bond donors (Lipinski definition) is 1. The van der Waals surface area contributed by atoms with Crippen LogP contribution in [0.2, 0.25) is 0 Å². The number of amides is 1. The Morgan fingerprint density at radius 3 is 2.90 bits per heavy atom. The molecule has 1 aromatic carbocycles. The van der Waals surface area contributed by atoms with Crippen LogP contribution in [0.25, 0.3) is 11.0 Å². The number of benzene rings is 1. The van der Waals surface area contributed by atoms with E-state index in [1.165, 1.54) is 4.68 Å². The third kappa shape index (κ3) is 3.08. The lowest BCUT2D eigenvalue weighted by molar-refractivity contribution is -0.121. The first-order chi connectivity index (χ1) is 10.3. The summed E-state index contributed by atoms with van der Waals surface area (Å²) in [4.78, 5) is 15.7. The van der Waals surface area contributed by atoms with Crippen molar-refractivity contribution < 1.29 is 4.79 Å². The van der Waals surface area contributed by atoms with Gasteiger partial charge < -0.3 is 0 Å². The molecule has 0 unspecified atom stereocenters. The third-order valence-electron chi connectivity index (χ3n) is 2.82. The normalized spacial score (nSPS) is 11.0. The van der Waals surface area contributed by atoms with Crippen molar-refractivity contribution in [3.63, 3.8) is 0 Å². The van der Waals surface area contributed by atoms with Crippen LogP contribution in [0.15, 0.2) is 53.9 Å². The Kier molecular flexibility index (Phi) is 3.64. The third-order valence-corrected chi connectivity index (χ3v) is 2.82. The second kappa shape index (κ2) is 5.91. The second-order valence-electron chi connectivity index (χ2n) is 4.31. The van der Waals surface area contributed by atoms with Crippen LogP contribution in [0, 0.1) is 0 Å². The van der Waals surface area contributed by atoms with Crippen molar-refractivity contribution in [3.05, 3.63) is 54.4 Å². The van der Waals surface area contributed by atoms with Crippen molar-refractivity contribution in [3.8, 4) is 0 Å². The quantitative estimate of drug-likeness (QED) is 0.570. The summed E-state index contributed by atoms with van der Waals surface area (Å²) < 4.78 is 1.53. The number of fused-ring (bicyclic) bond motifs is 1. The fraction of sp³-hybridized carbons (Fsp3) is 0.0714. The minimum absolute atomic E-state index is 0.0637. The SMILES string of the molecule is O=C(Cn1nnc2ccccc21)NN=Cc1ccncc1. The summed E-state index contributed by atoms with van der Waals surface area (Å²) in [6.45, 7) is 0.0637. The van der Waals surface area contributed by atoms with E-state index in [4.69, 9.17) is 0 Å². The summed E-state index contributed by atoms with van der Waals surface area (Å²) in [6, 6.07) is 11.0. The highest BCUT2D eigenvalue weighted by Gasteiger charge is 2.07. The molecule has 7 heteroatoms. The van der Waals surface area contributed by atoms with E-state index in [1.54, 1.807) is 30.7 Å². The molecule has 3 aromatic rings. The zero-order valence-corrected chi connectivity index (χ0v) is 11.0. The number of nitrogens with one attached hydrogen (secondary N) is 1. The number of para-hydroxylation sites is 1. The van der Waals surface area contributed by atoms with Crippen LogP contribution >= 0.6 is 0 Å². The Hall–Kier alpha value is -3.09.